The zero-order valence-corrected chi connectivity index (χ0v) is 22.2. The average molecular weight is 547 g/mol. The van der Waals surface area contributed by atoms with Crippen molar-refractivity contribution in [2.45, 2.75) is 77.7 Å². The van der Waals surface area contributed by atoms with Crippen molar-refractivity contribution in [3.05, 3.63) is 105 Å². The first-order valence-corrected chi connectivity index (χ1v) is 13.5. The van der Waals surface area contributed by atoms with Crippen molar-refractivity contribution in [3.63, 3.8) is 0 Å². The minimum atomic E-state index is -1.23. The van der Waals surface area contributed by atoms with E-state index in [4.69, 9.17) is 4.74 Å². The van der Waals surface area contributed by atoms with E-state index in [-0.39, 0.29) is 28.2 Å². The van der Waals surface area contributed by atoms with Gasteiger partial charge in [0.05, 0.1) is 0 Å². The molecule has 1 atom stereocenters. The van der Waals surface area contributed by atoms with Crippen molar-refractivity contribution in [1.82, 2.24) is 0 Å². The lowest BCUT2D eigenvalue weighted by Gasteiger charge is -2.24. The highest BCUT2D eigenvalue weighted by Gasteiger charge is 2.25. The number of unbranched alkanes of at least 4 members (excludes halogenated alkanes) is 2. The zero-order chi connectivity index (χ0) is 28.1. The third-order valence-electron chi connectivity index (χ3n) is 7.49. The molecule has 0 aromatic heterocycles. The number of allylic oxidation sites excluding steroid dienone is 2. The molecule has 0 amide bonds. The van der Waals surface area contributed by atoms with Gasteiger partial charge in [-0.3, -0.25) is 0 Å². The number of hydrogen-bond donors (Lipinski definition) is 0. The molecule has 0 N–H and O–H groups in total. The van der Waals surface area contributed by atoms with Gasteiger partial charge in [-0.1, -0.05) is 57.0 Å². The Hall–Kier alpha value is -3.22. The Kier molecular flexibility index (Phi) is 9.41. The minimum absolute atomic E-state index is 0.0555. The van der Waals surface area contributed by atoms with Gasteiger partial charge in [0, 0.05) is 11.1 Å². The molecule has 0 spiro atoms. The molecule has 1 aliphatic rings. The van der Waals surface area contributed by atoms with E-state index in [1.807, 2.05) is 6.92 Å². The summed E-state index contributed by atoms with van der Waals surface area (Å²) in [6.45, 7) is 3.31. The molecule has 1 nitrogen and oxygen atoms in total. The van der Waals surface area contributed by atoms with Crippen molar-refractivity contribution < 1.29 is 31.1 Å². The Labute approximate surface area is 225 Å². The van der Waals surface area contributed by atoms with E-state index in [2.05, 4.69) is 0 Å². The number of halogens is 6. The van der Waals surface area contributed by atoms with E-state index >= 15 is 0 Å². The van der Waals surface area contributed by atoms with Gasteiger partial charge in [0.2, 0.25) is 5.82 Å². The van der Waals surface area contributed by atoms with Crippen LogP contribution in [0.25, 0.3) is 5.57 Å². The maximum atomic E-state index is 15.0. The Balaban J connectivity index is 1.45. The van der Waals surface area contributed by atoms with Gasteiger partial charge in [-0.15, -0.1) is 0 Å². The van der Waals surface area contributed by atoms with E-state index in [0.29, 0.717) is 43.2 Å². The van der Waals surface area contributed by atoms with Gasteiger partial charge in [-0.05, 0) is 78.8 Å². The first kappa shape index (κ1) is 28.8. The normalized spacial score (nSPS) is 15.4. The third-order valence-corrected chi connectivity index (χ3v) is 7.49. The highest BCUT2D eigenvalue weighted by molar-refractivity contribution is 5.68. The van der Waals surface area contributed by atoms with Crippen molar-refractivity contribution in [2.75, 3.05) is 0 Å². The Morgan fingerprint density at radius 1 is 0.718 bits per heavy atom. The Bertz CT molecular complexity index is 1360. The molecule has 0 radical (unpaired) electrons. The van der Waals surface area contributed by atoms with E-state index in [0.717, 1.165) is 19.3 Å². The molecule has 208 valence electrons. The molecule has 0 saturated carbocycles. The molecule has 0 saturated heterocycles. The quantitative estimate of drug-likeness (QED) is 0.182. The molecular weight excluding hydrogens is 514 g/mol. The average Bonchev–Trinajstić information content (AvgIpc) is 2.94. The summed E-state index contributed by atoms with van der Waals surface area (Å²) in [5, 5.41) is 0. The fourth-order valence-electron chi connectivity index (χ4n) is 5.10. The largest absolute Gasteiger partial charge is 0.486 e. The lowest BCUT2D eigenvalue weighted by atomic mass is 9.82. The molecule has 1 aliphatic carbocycles. The van der Waals surface area contributed by atoms with Crippen LogP contribution in [0.15, 0.2) is 42.5 Å². The minimum Gasteiger partial charge on any atom is -0.486 e. The summed E-state index contributed by atoms with van der Waals surface area (Å²) in [6.07, 6.45) is 6.32. The molecule has 4 rings (SSSR count). The SMILES string of the molecule is CCCCCc1ccc(COc2ccc(C3=CCC(c4ccc(CC)c(F)c4F)CC3)c(F)c2F)c(F)c1F. The van der Waals surface area contributed by atoms with Gasteiger partial charge in [0.1, 0.15) is 6.61 Å². The second-order valence-corrected chi connectivity index (χ2v) is 9.99. The smallest absolute Gasteiger partial charge is 0.201 e. The molecule has 0 heterocycles. The Morgan fingerprint density at radius 3 is 2.10 bits per heavy atom. The van der Waals surface area contributed by atoms with Crippen LogP contribution >= 0.6 is 0 Å². The van der Waals surface area contributed by atoms with Crippen LogP contribution < -0.4 is 4.74 Å². The van der Waals surface area contributed by atoms with Gasteiger partial charge < -0.3 is 4.74 Å². The first-order valence-electron chi connectivity index (χ1n) is 13.5. The Morgan fingerprint density at radius 2 is 1.41 bits per heavy atom. The predicted octanol–water partition coefficient (Wildman–Crippen LogP) is 9.75. The fraction of sp³-hybridized carbons (Fsp3) is 0.375. The standard InChI is InChI=1S/C32H32F6O/c1-3-5-6-7-22-12-13-23(29(35)28(22)34)18-39-26-17-16-25(31(37)32(26)38)21-10-8-20(9-11-21)24-15-14-19(4-2)27(33)30(24)36/h10,12-17,20H,3-9,11,18H2,1-2H3. The van der Waals surface area contributed by atoms with Crippen LogP contribution in [0.1, 0.15) is 86.1 Å². The molecule has 1 unspecified atom stereocenters. The summed E-state index contributed by atoms with van der Waals surface area (Å²) in [7, 11) is 0. The first-order chi connectivity index (χ1) is 18.8. The molecule has 0 fully saturated rings. The summed E-state index contributed by atoms with van der Waals surface area (Å²) in [6, 6.07) is 8.71. The van der Waals surface area contributed by atoms with E-state index in [1.165, 1.54) is 24.3 Å². The summed E-state index contributed by atoms with van der Waals surface area (Å²) in [5.74, 6) is -6.69. The van der Waals surface area contributed by atoms with Crippen LogP contribution in [0.5, 0.6) is 5.75 Å². The number of benzene rings is 3. The monoisotopic (exact) mass is 546 g/mol. The van der Waals surface area contributed by atoms with Crippen LogP contribution in [0.3, 0.4) is 0 Å². The second kappa shape index (κ2) is 12.8. The van der Waals surface area contributed by atoms with Gasteiger partial charge in [0.25, 0.3) is 0 Å². The van der Waals surface area contributed by atoms with Crippen LogP contribution in [0.2, 0.25) is 0 Å². The van der Waals surface area contributed by atoms with Crippen LogP contribution in [-0.4, -0.2) is 0 Å². The van der Waals surface area contributed by atoms with Crippen molar-refractivity contribution in [2.24, 2.45) is 0 Å². The van der Waals surface area contributed by atoms with Gasteiger partial charge in [-0.2, -0.15) is 4.39 Å². The summed E-state index contributed by atoms with van der Waals surface area (Å²) < 4.78 is 92.9. The lowest BCUT2D eigenvalue weighted by Crippen LogP contribution is -2.10. The maximum absolute atomic E-state index is 15.0. The molecule has 3 aromatic rings. The number of hydrogen-bond acceptors (Lipinski definition) is 1. The zero-order valence-electron chi connectivity index (χ0n) is 22.2. The second-order valence-electron chi connectivity index (χ2n) is 9.99. The molecule has 7 heteroatoms. The topological polar surface area (TPSA) is 9.23 Å². The predicted molar refractivity (Wildman–Crippen MR) is 141 cm³/mol. The van der Waals surface area contributed by atoms with E-state index in [1.54, 1.807) is 25.1 Å². The van der Waals surface area contributed by atoms with E-state index in [9.17, 15) is 26.3 Å². The van der Waals surface area contributed by atoms with Crippen molar-refractivity contribution in [1.29, 1.82) is 0 Å². The van der Waals surface area contributed by atoms with Crippen LogP contribution in [-0.2, 0) is 19.4 Å². The van der Waals surface area contributed by atoms with Crippen LogP contribution in [0, 0.1) is 34.9 Å². The van der Waals surface area contributed by atoms with Crippen molar-refractivity contribution >= 4 is 5.57 Å². The highest BCUT2D eigenvalue weighted by atomic mass is 19.2. The van der Waals surface area contributed by atoms with Gasteiger partial charge in [-0.25, -0.2) is 22.0 Å². The van der Waals surface area contributed by atoms with Crippen molar-refractivity contribution in [3.8, 4) is 5.75 Å². The van der Waals surface area contributed by atoms with Crippen LogP contribution in [0.4, 0.5) is 26.3 Å². The number of aryl methyl sites for hydroxylation is 2. The molecular formula is C32H32F6O. The third kappa shape index (κ3) is 6.18. The maximum Gasteiger partial charge on any atom is 0.201 e. The molecule has 39 heavy (non-hydrogen) atoms. The molecule has 0 aliphatic heterocycles. The highest BCUT2D eigenvalue weighted by Crippen LogP contribution is 2.39. The number of rotatable bonds is 10. The molecule has 3 aromatic carbocycles. The van der Waals surface area contributed by atoms with Gasteiger partial charge in [0.15, 0.2) is 34.8 Å². The number of ether oxygens (including phenoxy) is 1. The molecule has 0 bridgehead atoms. The van der Waals surface area contributed by atoms with E-state index < -0.39 is 47.3 Å². The van der Waals surface area contributed by atoms with Gasteiger partial charge >= 0.3 is 0 Å². The summed E-state index contributed by atoms with van der Waals surface area (Å²) in [4.78, 5) is 0. The summed E-state index contributed by atoms with van der Waals surface area (Å²) in [5.41, 5.74) is 1.41. The summed E-state index contributed by atoms with van der Waals surface area (Å²) >= 11 is 0. The lowest BCUT2D eigenvalue weighted by molar-refractivity contribution is 0.277. The fourth-order valence-corrected chi connectivity index (χ4v) is 5.10.